The summed E-state index contributed by atoms with van der Waals surface area (Å²) in [6.45, 7) is 0. The highest BCUT2D eigenvalue weighted by molar-refractivity contribution is 7.90. The third-order valence-electron chi connectivity index (χ3n) is 4.96. The molecular weight excluding hydrogens is 499 g/mol. The van der Waals surface area contributed by atoms with Gasteiger partial charge in [0, 0.05) is 23.6 Å². The van der Waals surface area contributed by atoms with Crippen molar-refractivity contribution in [2.24, 2.45) is 0 Å². The number of nitrogens with zero attached hydrogens (tertiary/aromatic N) is 1. The van der Waals surface area contributed by atoms with Crippen LogP contribution in [-0.4, -0.2) is 19.4 Å². The molecule has 0 bridgehead atoms. The lowest BCUT2D eigenvalue weighted by Gasteiger charge is -2.14. The van der Waals surface area contributed by atoms with E-state index in [2.05, 4.69) is 15.6 Å². The summed E-state index contributed by atoms with van der Waals surface area (Å²) < 4.78 is 65.0. The highest BCUT2D eigenvalue weighted by Gasteiger charge is 2.30. The molecule has 0 unspecified atom stereocenters. The van der Waals surface area contributed by atoms with Crippen molar-refractivity contribution in [3.8, 4) is 11.1 Å². The van der Waals surface area contributed by atoms with Gasteiger partial charge in [-0.3, -0.25) is 4.98 Å². The summed E-state index contributed by atoms with van der Waals surface area (Å²) in [4.78, 5) is 16.6. The zero-order chi connectivity index (χ0) is 25.1. The van der Waals surface area contributed by atoms with Crippen molar-refractivity contribution in [2.45, 2.75) is 16.8 Å². The maximum Gasteiger partial charge on any atom is 0.416 e. The number of amides is 2. The number of hydrogen-bond donors (Lipinski definition) is 2. The molecule has 0 saturated heterocycles. The van der Waals surface area contributed by atoms with Crippen LogP contribution in [0.2, 0.25) is 0 Å². The van der Waals surface area contributed by atoms with Gasteiger partial charge in [-0.2, -0.15) is 24.5 Å². The summed E-state index contributed by atoms with van der Waals surface area (Å²) in [6, 6.07) is 12.9. The highest BCUT2D eigenvalue weighted by Crippen LogP contribution is 2.33. The predicted octanol–water partition coefficient (Wildman–Crippen LogP) is 6.45. The van der Waals surface area contributed by atoms with Gasteiger partial charge < -0.3 is 10.6 Å². The number of nitrogens with one attached hydrogen (secondary N) is 2. The molecule has 0 spiro atoms. The van der Waals surface area contributed by atoms with Crippen molar-refractivity contribution in [3.63, 3.8) is 0 Å². The number of pyridine rings is 1. The Kier molecular flexibility index (Phi) is 6.90. The van der Waals surface area contributed by atoms with Crippen LogP contribution in [0.15, 0.2) is 88.7 Å². The van der Waals surface area contributed by atoms with Gasteiger partial charge in [0.15, 0.2) is 9.84 Å². The first kappa shape index (κ1) is 24.4. The van der Waals surface area contributed by atoms with Crippen molar-refractivity contribution in [1.82, 2.24) is 4.98 Å². The molecule has 0 atom stereocenters. The van der Waals surface area contributed by atoms with Crippen LogP contribution in [0.1, 0.15) is 11.1 Å². The van der Waals surface area contributed by atoms with Crippen LogP contribution in [0, 0.1) is 0 Å². The lowest BCUT2D eigenvalue weighted by molar-refractivity contribution is -0.137. The number of carbonyl (C=O) groups excluding carboxylic acids is 1. The van der Waals surface area contributed by atoms with Crippen molar-refractivity contribution < 1.29 is 26.4 Å². The number of halogens is 3. The second-order valence-electron chi connectivity index (χ2n) is 7.50. The third kappa shape index (κ3) is 6.06. The van der Waals surface area contributed by atoms with Gasteiger partial charge >= 0.3 is 12.2 Å². The Labute approximate surface area is 203 Å². The molecule has 0 saturated carbocycles. The molecule has 2 amide bonds. The van der Waals surface area contributed by atoms with Crippen molar-refractivity contribution in [3.05, 3.63) is 94.9 Å². The Hall–Kier alpha value is -3.70. The molecule has 2 N–H and O–H groups in total. The Balaban J connectivity index is 1.63. The zero-order valence-electron chi connectivity index (χ0n) is 17.9. The van der Waals surface area contributed by atoms with Crippen LogP contribution in [0.4, 0.5) is 29.3 Å². The number of aromatic nitrogens is 1. The average molecular weight is 518 g/mol. The highest BCUT2D eigenvalue weighted by atomic mass is 32.2. The molecule has 11 heteroatoms. The van der Waals surface area contributed by atoms with Crippen LogP contribution < -0.4 is 10.6 Å². The smallest absolute Gasteiger partial charge is 0.308 e. The van der Waals surface area contributed by atoms with Crippen LogP contribution in [0.3, 0.4) is 0 Å². The molecule has 2 aromatic carbocycles. The monoisotopic (exact) mass is 517 g/mol. The number of thiophene rings is 1. The van der Waals surface area contributed by atoms with Gasteiger partial charge in [-0.05, 0) is 64.4 Å². The van der Waals surface area contributed by atoms with E-state index in [9.17, 15) is 26.4 Å². The second kappa shape index (κ2) is 9.88. The first-order valence-corrected chi connectivity index (χ1v) is 12.7. The number of alkyl halides is 3. The molecule has 0 fully saturated rings. The first-order valence-electron chi connectivity index (χ1n) is 10.2. The minimum absolute atomic E-state index is 0.0188. The summed E-state index contributed by atoms with van der Waals surface area (Å²) in [5.41, 5.74) is 1.05. The molecule has 4 rings (SSSR count). The van der Waals surface area contributed by atoms with Crippen LogP contribution >= 0.6 is 11.3 Å². The van der Waals surface area contributed by atoms with E-state index < -0.39 is 27.6 Å². The minimum Gasteiger partial charge on any atom is -0.308 e. The molecule has 180 valence electrons. The molecule has 0 aliphatic rings. The number of rotatable bonds is 6. The second-order valence-corrected chi connectivity index (χ2v) is 10.3. The van der Waals surface area contributed by atoms with Gasteiger partial charge in [0.05, 0.1) is 21.9 Å². The van der Waals surface area contributed by atoms with Crippen molar-refractivity contribution in [1.29, 1.82) is 0 Å². The van der Waals surface area contributed by atoms with E-state index in [4.69, 9.17) is 0 Å². The van der Waals surface area contributed by atoms with Crippen molar-refractivity contribution >= 4 is 38.6 Å². The Morgan fingerprint density at radius 3 is 2.51 bits per heavy atom. The maximum absolute atomic E-state index is 13.0. The third-order valence-corrected chi connectivity index (χ3v) is 7.33. The van der Waals surface area contributed by atoms with Gasteiger partial charge in [-0.1, -0.05) is 18.2 Å². The summed E-state index contributed by atoms with van der Waals surface area (Å²) in [5, 5.41) is 8.60. The minimum atomic E-state index is -4.56. The largest absolute Gasteiger partial charge is 0.416 e. The molecule has 0 radical (unpaired) electrons. The SMILES string of the molecule is O=C(Nc1cccc(C(F)(F)F)c1)Nc1cc(S(=O)(=O)Cc2cccnc2)ccc1-c1ccsc1. The summed E-state index contributed by atoms with van der Waals surface area (Å²) >= 11 is 1.42. The Bertz CT molecular complexity index is 1440. The Morgan fingerprint density at radius 2 is 1.83 bits per heavy atom. The van der Waals surface area contributed by atoms with Crippen LogP contribution in [-0.2, 0) is 21.8 Å². The fourth-order valence-electron chi connectivity index (χ4n) is 3.33. The van der Waals surface area contributed by atoms with E-state index in [0.29, 0.717) is 11.1 Å². The van der Waals surface area contributed by atoms with Crippen LogP contribution in [0.25, 0.3) is 11.1 Å². The molecule has 35 heavy (non-hydrogen) atoms. The number of sulfone groups is 1. The molecule has 0 aliphatic heterocycles. The van der Waals surface area contributed by atoms with Gasteiger partial charge in [0.25, 0.3) is 0 Å². The molecule has 2 heterocycles. The van der Waals surface area contributed by atoms with Gasteiger partial charge in [0.2, 0.25) is 0 Å². The average Bonchev–Trinajstić information content (AvgIpc) is 3.34. The van der Waals surface area contributed by atoms with E-state index >= 15 is 0 Å². The number of anilines is 2. The molecule has 0 aliphatic carbocycles. The van der Waals surface area contributed by atoms with Gasteiger partial charge in [-0.15, -0.1) is 0 Å². The number of carbonyl (C=O) groups is 1. The number of benzene rings is 2. The standard InChI is InChI=1S/C24H18F3N3O3S2/c25-24(26,27)18-4-1-5-19(11-18)29-23(31)30-22-12-20(6-7-21(22)17-8-10-34-14-17)35(32,33)15-16-3-2-9-28-13-16/h1-14H,15H2,(H2,29,30,31). The van der Waals surface area contributed by atoms with Crippen molar-refractivity contribution in [2.75, 3.05) is 10.6 Å². The topological polar surface area (TPSA) is 88.2 Å². The number of hydrogen-bond acceptors (Lipinski definition) is 5. The lowest BCUT2D eigenvalue weighted by Crippen LogP contribution is -2.20. The van der Waals surface area contributed by atoms with E-state index in [-0.39, 0.29) is 22.0 Å². The van der Waals surface area contributed by atoms with E-state index in [1.165, 1.54) is 48.0 Å². The summed E-state index contributed by atoms with van der Waals surface area (Å²) in [5.74, 6) is -0.283. The fraction of sp³-hybridized carbons (Fsp3) is 0.0833. The Morgan fingerprint density at radius 1 is 1.00 bits per heavy atom. The van der Waals surface area contributed by atoms with E-state index in [1.54, 1.807) is 24.3 Å². The number of urea groups is 1. The maximum atomic E-state index is 13.0. The quantitative estimate of drug-likeness (QED) is 0.308. The molecule has 6 nitrogen and oxygen atoms in total. The van der Waals surface area contributed by atoms with Gasteiger partial charge in [-0.25, -0.2) is 13.2 Å². The van der Waals surface area contributed by atoms with E-state index in [0.717, 1.165) is 17.7 Å². The summed E-state index contributed by atoms with van der Waals surface area (Å²) in [7, 11) is -3.77. The molecular formula is C24H18F3N3O3S2. The fourth-order valence-corrected chi connectivity index (χ4v) is 5.34. The molecule has 4 aromatic rings. The molecule has 2 aromatic heterocycles. The summed E-state index contributed by atoms with van der Waals surface area (Å²) in [6.07, 6.45) is -1.56. The van der Waals surface area contributed by atoms with Gasteiger partial charge in [0.1, 0.15) is 0 Å². The normalized spacial score (nSPS) is 11.7. The zero-order valence-corrected chi connectivity index (χ0v) is 19.5. The lowest BCUT2D eigenvalue weighted by atomic mass is 10.1. The first-order chi connectivity index (χ1) is 16.6. The predicted molar refractivity (Wildman–Crippen MR) is 129 cm³/mol. The van der Waals surface area contributed by atoms with E-state index in [1.807, 2.05) is 10.8 Å². The van der Waals surface area contributed by atoms with Crippen LogP contribution in [0.5, 0.6) is 0 Å².